The summed E-state index contributed by atoms with van der Waals surface area (Å²) in [5.74, 6) is 3.56. The molecule has 0 saturated heterocycles. The van der Waals surface area contributed by atoms with Gasteiger partial charge in [0.05, 0.1) is 18.8 Å². The van der Waals surface area contributed by atoms with Crippen LogP contribution < -0.4 is 20.1 Å². The molecule has 0 spiro atoms. The van der Waals surface area contributed by atoms with Gasteiger partial charge in [0, 0.05) is 31.4 Å². The van der Waals surface area contributed by atoms with Crippen molar-refractivity contribution in [3.05, 3.63) is 65.7 Å². The second kappa shape index (κ2) is 13.7. The zero-order chi connectivity index (χ0) is 22.8. The summed E-state index contributed by atoms with van der Waals surface area (Å²) in [4.78, 5) is 8.68. The van der Waals surface area contributed by atoms with Crippen molar-refractivity contribution < 1.29 is 14.0 Å². The number of nitrogens with zero attached hydrogens (tertiary/aromatic N) is 3. The molecule has 0 aliphatic rings. The Morgan fingerprint density at radius 1 is 1.09 bits per heavy atom. The van der Waals surface area contributed by atoms with Crippen LogP contribution in [0, 0.1) is 0 Å². The first-order valence-corrected chi connectivity index (χ1v) is 10.8. The van der Waals surface area contributed by atoms with Gasteiger partial charge in [-0.1, -0.05) is 44.1 Å². The normalized spacial score (nSPS) is 11.1. The van der Waals surface area contributed by atoms with Crippen LogP contribution in [-0.4, -0.2) is 29.8 Å². The molecule has 0 amide bonds. The Balaban J connectivity index is 0.00000385. The Bertz CT molecular complexity index is 1020. The summed E-state index contributed by atoms with van der Waals surface area (Å²) in [6.45, 7) is 7.82. The lowest BCUT2D eigenvalue weighted by Gasteiger charge is -2.15. The number of halogens is 1. The maximum Gasteiger partial charge on any atom is 0.224 e. The molecule has 0 bridgehead atoms. The van der Waals surface area contributed by atoms with Crippen LogP contribution >= 0.6 is 24.0 Å². The second-order valence-corrected chi connectivity index (χ2v) is 7.52. The molecule has 2 N–H and O–H groups in total. The van der Waals surface area contributed by atoms with Crippen LogP contribution in [0.25, 0.3) is 0 Å². The van der Waals surface area contributed by atoms with E-state index in [9.17, 15) is 0 Å². The van der Waals surface area contributed by atoms with E-state index < -0.39 is 0 Å². The van der Waals surface area contributed by atoms with Gasteiger partial charge in [-0.25, -0.2) is 4.98 Å². The van der Waals surface area contributed by atoms with E-state index in [4.69, 9.17) is 14.0 Å². The quantitative estimate of drug-likeness (QED) is 0.197. The van der Waals surface area contributed by atoms with Gasteiger partial charge in [0.25, 0.3) is 0 Å². The van der Waals surface area contributed by atoms with E-state index >= 15 is 0 Å². The summed E-state index contributed by atoms with van der Waals surface area (Å²) in [5.41, 5.74) is 1.83. The van der Waals surface area contributed by atoms with Crippen molar-refractivity contribution >= 4 is 29.9 Å². The molecular formula is C24H32IN5O3. The third-order valence-corrected chi connectivity index (χ3v) is 4.64. The number of hydrogen-bond donors (Lipinski definition) is 2. The van der Waals surface area contributed by atoms with Crippen molar-refractivity contribution in [1.29, 1.82) is 0 Å². The molecule has 0 unspecified atom stereocenters. The standard InChI is InChI=1S/C24H31N5O3.HI/c1-5-13-30-21-10-6-7-11-22(21)31-23-18(9-8-12-26-23)15-27-24(25-4)28-16-19-14-20(17(2)3)29-32-19;/h6-12,14,17H,5,13,15-16H2,1-4H3,(H2,25,27,28);1H. The molecule has 9 heteroatoms. The number of guanidine groups is 1. The third kappa shape index (κ3) is 7.92. The monoisotopic (exact) mass is 565 g/mol. The first kappa shape index (κ1) is 26.4. The van der Waals surface area contributed by atoms with Gasteiger partial charge in [-0.15, -0.1) is 24.0 Å². The lowest BCUT2D eigenvalue weighted by molar-refractivity contribution is 0.300. The van der Waals surface area contributed by atoms with Gasteiger partial charge in [-0.3, -0.25) is 4.99 Å². The van der Waals surface area contributed by atoms with E-state index in [1.165, 1.54) is 0 Å². The van der Waals surface area contributed by atoms with E-state index in [-0.39, 0.29) is 24.0 Å². The zero-order valence-electron chi connectivity index (χ0n) is 19.5. The fourth-order valence-corrected chi connectivity index (χ4v) is 2.88. The minimum Gasteiger partial charge on any atom is -0.490 e. The number of nitrogens with one attached hydrogen (secondary N) is 2. The van der Waals surface area contributed by atoms with Gasteiger partial charge in [-0.05, 0) is 30.5 Å². The van der Waals surface area contributed by atoms with Gasteiger partial charge in [0.15, 0.2) is 23.2 Å². The molecule has 2 heterocycles. The van der Waals surface area contributed by atoms with Crippen molar-refractivity contribution in [2.75, 3.05) is 13.7 Å². The topological polar surface area (TPSA) is 93.8 Å². The highest BCUT2D eigenvalue weighted by molar-refractivity contribution is 14.0. The summed E-state index contributed by atoms with van der Waals surface area (Å²) in [6.07, 6.45) is 2.63. The molecule has 0 aliphatic heterocycles. The van der Waals surface area contributed by atoms with Gasteiger partial charge in [0.1, 0.15) is 0 Å². The summed E-state index contributed by atoms with van der Waals surface area (Å²) in [7, 11) is 1.72. The van der Waals surface area contributed by atoms with Crippen molar-refractivity contribution in [2.24, 2.45) is 4.99 Å². The SMILES string of the molecule is CCCOc1ccccc1Oc1ncccc1CNC(=NC)NCc1cc(C(C)C)no1.I. The molecule has 178 valence electrons. The molecule has 0 aliphatic carbocycles. The highest BCUT2D eigenvalue weighted by atomic mass is 127. The Labute approximate surface area is 212 Å². The van der Waals surface area contributed by atoms with Crippen molar-refractivity contribution in [3.8, 4) is 17.4 Å². The van der Waals surface area contributed by atoms with Gasteiger partial charge in [-0.2, -0.15) is 0 Å². The Morgan fingerprint density at radius 2 is 1.85 bits per heavy atom. The van der Waals surface area contributed by atoms with Crippen LogP contribution in [0.5, 0.6) is 17.4 Å². The Hall–Kier alpha value is -2.82. The molecule has 0 fully saturated rings. The highest BCUT2D eigenvalue weighted by Crippen LogP contribution is 2.31. The maximum atomic E-state index is 6.10. The van der Waals surface area contributed by atoms with E-state index in [1.54, 1.807) is 13.2 Å². The number of rotatable bonds is 10. The second-order valence-electron chi connectivity index (χ2n) is 7.52. The number of benzene rings is 1. The van der Waals surface area contributed by atoms with Crippen molar-refractivity contribution in [3.63, 3.8) is 0 Å². The first-order valence-electron chi connectivity index (χ1n) is 10.8. The number of para-hydroxylation sites is 2. The van der Waals surface area contributed by atoms with E-state index in [0.29, 0.717) is 49.0 Å². The number of hydrogen-bond acceptors (Lipinski definition) is 6. The minimum atomic E-state index is 0. The van der Waals surface area contributed by atoms with Gasteiger partial charge < -0.3 is 24.6 Å². The van der Waals surface area contributed by atoms with Crippen molar-refractivity contribution in [2.45, 2.75) is 46.2 Å². The van der Waals surface area contributed by atoms with E-state index in [2.05, 4.69) is 46.5 Å². The van der Waals surface area contributed by atoms with Crippen LogP contribution in [0.2, 0.25) is 0 Å². The molecule has 2 aromatic heterocycles. The number of ether oxygens (including phenoxy) is 2. The van der Waals surface area contributed by atoms with Gasteiger partial charge >= 0.3 is 0 Å². The average molecular weight is 565 g/mol. The smallest absolute Gasteiger partial charge is 0.224 e. The van der Waals surface area contributed by atoms with Crippen LogP contribution in [0.4, 0.5) is 0 Å². The van der Waals surface area contributed by atoms with Crippen LogP contribution in [-0.2, 0) is 13.1 Å². The fourth-order valence-electron chi connectivity index (χ4n) is 2.88. The van der Waals surface area contributed by atoms with E-state index in [1.807, 2.05) is 42.5 Å². The molecule has 3 aromatic rings. The van der Waals surface area contributed by atoms with E-state index in [0.717, 1.165) is 23.4 Å². The predicted molar refractivity (Wildman–Crippen MR) is 140 cm³/mol. The maximum absolute atomic E-state index is 6.10. The lowest BCUT2D eigenvalue weighted by atomic mass is 10.1. The summed E-state index contributed by atoms with van der Waals surface area (Å²) < 4.78 is 17.3. The average Bonchev–Trinajstić information content (AvgIpc) is 3.29. The predicted octanol–water partition coefficient (Wildman–Crippen LogP) is 5.26. The molecule has 33 heavy (non-hydrogen) atoms. The van der Waals surface area contributed by atoms with Crippen LogP contribution in [0.3, 0.4) is 0 Å². The molecule has 3 rings (SSSR count). The van der Waals surface area contributed by atoms with Crippen LogP contribution in [0.15, 0.2) is 58.2 Å². The first-order chi connectivity index (χ1) is 15.6. The Kier molecular flexibility index (Phi) is 10.9. The molecule has 0 saturated carbocycles. The summed E-state index contributed by atoms with van der Waals surface area (Å²) >= 11 is 0. The zero-order valence-corrected chi connectivity index (χ0v) is 21.8. The van der Waals surface area contributed by atoms with Gasteiger partial charge in [0.2, 0.25) is 5.88 Å². The Morgan fingerprint density at radius 3 is 2.55 bits per heavy atom. The molecule has 0 radical (unpaired) electrons. The summed E-state index contributed by atoms with van der Waals surface area (Å²) in [5, 5.41) is 10.6. The van der Waals surface area contributed by atoms with Crippen LogP contribution in [0.1, 0.15) is 50.1 Å². The number of pyridine rings is 1. The minimum absolute atomic E-state index is 0. The highest BCUT2D eigenvalue weighted by Gasteiger charge is 2.12. The largest absolute Gasteiger partial charge is 0.490 e. The molecule has 1 aromatic carbocycles. The molecular weight excluding hydrogens is 533 g/mol. The fraction of sp³-hybridized carbons (Fsp3) is 0.375. The molecule has 0 atom stereocenters. The molecule has 8 nitrogen and oxygen atoms in total. The third-order valence-electron chi connectivity index (χ3n) is 4.64. The number of aromatic nitrogens is 2. The summed E-state index contributed by atoms with van der Waals surface area (Å²) in [6, 6.07) is 13.4. The number of aliphatic imine (C=N–C) groups is 1. The lowest BCUT2D eigenvalue weighted by Crippen LogP contribution is -2.36. The van der Waals surface area contributed by atoms with Crippen molar-refractivity contribution in [1.82, 2.24) is 20.8 Å².